The van der Waals surface area contributed by atoms with Gasteiger partial charge in [0.05, 0.1) is 13.5 Å². The van der Waals surface area contributed by atoms with E-state index in [1.807, 2.05) is 0 Å². The molecule has 23 heavy (non-hydrogen) atoms. The summed E-state index contributed by atoms with van der Waals surface area (Å²) >= 11 is 0. The van der Waals surface area contributed by atoms with Crippen LogP contribution in [0.15, 0.2) is 29.8 Å². The van der Waals surface area contributed by atoms with Crippen LogP contribution in [0.1, 0.15) is 44.1 Å². The zero-order valence-corrected chi connectivity index (χ0v) is 13.4. The van der Waals surface area contributed by atoms with Crippen LogP contribution in [-0.2, 0) is 9.59 Å². The molecule has 1 fully saturated rings. The van der Waals surface area contributed by atoms with Crippen molar-refractivity contribution in [2.75, 3.05) is 7.11 Å². The maximum absolute atomic E-state index is 12.1. The molecule has 1 aliphatic carbocycles. The molecule has 2 N–H and O–H groups in total. The van der Waals surface area contributed by atoms with Gasteiger partial charge >= 0.3 is 5.97 Å². The van der Waals surface area contributed by atoms with Gasteiger partial charge < -0.3 is 15.2 Å². The summed E-state index contributed by atoms with van der Waals surface area (Å²) in [5.41, 5.74) is 0.817. The van der Waals surface area contributed by atoms with E-state index >= 15 is 0 Å². The minimum absolute atomic E-state index is 0.0866. The molecule has 1 amide bonds. The van der Waals surface area contributed by atoms with E-state index in [4.69, 9.17) is 4.74 Å². The van der Waals surface area contributed by atoms with E-state index in [0.717, 1.165) is 31.2 Å². The number of hydrogen-bond donors (Lipinski definition) is 2. The Hall–Kier alpha value is -2.30. The summed E-state index contributed by atoms with van der Waals surface area (Å²) in [4.78, 5) is 23.5. The van der Waals surface area contributed by atoms with Gasteiger partial charge in [0.2, 0.25) is 5.91 Å². The summed E-state index contributed by atoms with van der Waals surface area (Å²) < 4.78 is 5.07. The Labute approximate surface area is 136 Å². The number of rotatable bonds is 6. The highest BCUT2D eigenvalue weighted by molar-refractivity contribution is 5.98. The molecule has 5 nitrogen and oxygen atoms in total. The second-order valence-electron chi connectivity index (χ2n) is 5.83. The van der Waals surface area contributed by atoms with Crippen molar-refractivity contribution in [2.24, 2.45) is 0 Å². The van der Waals surface area contributed by atoms with E-state index in [-0.39, 0.29) is 23.9 Å². The van der Waals surface area contributed by atoms with Gasteiger partial charge in [-0.1, -0.05) is 31.4 Å². The highest BCUT2D eigenvalue weighted by Gasteiger charge is 2.18. The lowest BCUT2D eigenvalue weighted by atomic mass is 9.95. The van der Waals surface area contributed by atoms with Gasteiger partial charge in [-0.2, -0.15) is 0 Å². The number of aliphatic carboxylic acids is 1. The Kier molecular flexibility index (Phi) is 6.20. The van der Waals surface area contributed by atoms with Gasteiger partial charge in [0, 0.05) is 11.6 Å². The first-order valence-corrected chi connectivity index (χ1v) is 7.96. The van der Waals surface area contributed by atoms with Crippen molar-refractivity contribution < 1.29 is 19.4 Å². The molecule has 0 aliphatic heterocycles. The average molecular weight is 317 g/mol. The Bertz CT molecular complexity index is 571. The van der Waals surface area contributed by atoms with Crippen LogP contribution in [0.3, 0.4) is 0 Å². The van der Waals surface area contributed by atoms with Gasteiger partial charge in [-0.15, -0.1) is 0 Å². The number of ether oxygens (including phenoxy) is 1. The molecule has 124 valence electrons. The maximum Gasteiger partial charge on any atom is 0.332 e. The second-order valence-corrected chi connectivity index (χ2v) is 5.83. The van der Waals surface area contributed by atoms with Crippen LogP contribution in [0.4, 0.5) is 0 Å². The SMILES string of the molecule is COc1ccc(C=C(CC(=O)NC2CCCCC2)C(=O)O)cc1. The van der Waals surface area contributed by atoms with Crippen molar-refractivity contribution in [1.29, 1.82) is 0 Å². The second kappa shape index (κ2) is 8.36. The topological polar surface area (TPSA) is 75.6 Å². The summed E-state index contributed by atoms with van der Waals surface area (Å²) in [7, 11) is 1.57. The van der Waals surface area contributed by atoms with Crippen molar-refractivity contribution in [1.82, 2.24) is 5.32 Å². The summed E-state index contributed by atoms with van der Waals surface area (Å²) in [5, 5.41) is 12.3. The fourth-order valence-corrected chi connectivity index (χ4v) is 2.79. The number of carboxylic acid groups (broad SMARTS) is 1. The van der Waals surface area contributed by atoms with Crippen LogP contribution < -0.4 is 10.1 Å². The van der Waals surface area contributed by atoms with Crippen LogP contribution in [-0.4, -0.2) is 30.1 Å². The summed E-state index contributed by atoms with van der Waals surface area (Å²) in [6.07, 6.45) is 6.84. The van der Waals surface area contributed by atoms with E-state index in [9.17, 15) is 14.7 Å². The van der Waals surface area contributed by atoms with Crippen molar-refractivity contribution in [3.05, 3.63) is 35.4 Å². The molecular formula is C18H23NO4. The smallest absolute Gasteiger partial charge is 0.332 e. The number of methoxy groups -OCH3 is 1. The minimum atomic E-state index is -1.07. The first-order valence-electron chi connectivity index (χ1n) is 7.96. The van der Waals surface area contributed by atoms with Crippen molar-refractivity contribution in [2.45, 2.75) is 44.6 Å². The van der Waals surface area contributed by atoms with E-state index in [0.29, 0.717) is 5.75 Å². The molecule has 0 radical (unpaired) electrons. The lowest BCUT2D eigenvalue weighted by Gasteiger charge is -2.22. The summed E-state index contributed by atoms with van der Waals surface area (Å²) in [5.74, 6) is -0.590. The Morgan fingerprint density at radius 3 is 2.43 bits per heavy atom. The number of amides is 1. The number of carbonyl (C=O) groups is 2. The van der Waals surface area contributed by atoms with E-state index in [1.54, 1.807) is 31.4 Å². The molecule has 2 rings (SSSR count). The van der Waals surface area contributed by atoms with Crippen LogP contribution in [0.5, 0.6) is 5.75 Å². The Morgan fingerprint density at radius 2 is 1.87 bits per heavy atom. The van der Waals surface area contributed by atoms with E-state index in [2.05, 4.69) is 5.32 Å². The molecule has 0 unspecified atom stereocenters. The maximum atomic E-state index is 12.1. The van der Waals surface area contributed by atoms with Crippen LogP contribution in [0, 0.1) is 0 Å². The Morgan fingerprint density at radius 1 is 1.22 bits per heavy atom. The number of carbonyl (C=O) groups excluding carboxylic acids is 1. The van der Waals surface area contributed by atoms with Crippen LogP contribution in [0.25, 0.3) is 6.08 Å². The molecule has 1 aromatic carbocycles. The molecule has 1 aromatic rings. The first kappa shape index (κ1) is 17.1. The van der Waals surface area contributed by atoms with Gasteiger partial charge in [-0.25, -0.2) is 4.79 Å². The Balaban J connectivity index is 2.00. The highest BCUT2D eigenvalue weighted by Crippen LogP contribution is 2.19. The van der Waals surface area contributed by atoms with E-state index in [1.165, 1.54) is 12.5 Å². The first-order chi connectivity index (χ1) is 11.1. The average Bonchev–Trinajstić information content (AvgIpc) is 2.55. The predicted octanol–water partition coefficient (Wildman–Crippen LogP) is 3.00. The molecular weight excluding hydrogens is 294 g/mol. The summed E-state index contributed by atoms with van der Waals surface area (Å²) in [6, 6.07) is 7.23. The molecule has 0 spiro atoms. The minimum Gasteiger partial charge on any atom is -0.497 e. The number of carboxylic acids is 1. The largest absolute Gasteiger partial charge is 0.497 e. The molecule has 0 aromatic heterocycles. The molecule has 0 bridgehead atoms. The van der Waals surface area contributed by atoms with Crippen LogP contribution in [0.2, 0.25) is 0 Å². The van der Waals surface area contributed by atoms with Gasteiger partial charge in [-0.05, 0) is 36.6 Å². The number of hydrogen-bond acceptors (Lipinski definition) is 3. The molecule has 1 aliphatic rings. The third-order valence-electron chi connectivity index (χ3n) is 4.05. The van der Waals surface area contributed by atoms with Gasteiger partial charge in [0.25, 0.3) is 0 Å². The van der Waals surface area contributed by atoms with Gasteiger partial charge in [-0.3, -0.25) is 4.79 Å². The normalized spacial score (nSPS) is 16.0. The predicted molar refractivity (Wildman–Crippen MR) is 88.2 cm³/mol. The standard InChI is InChI=1S/C18H23NO4/c1-23-16-9-7-13(8-10-16)11-14(18(21)22)12-17(20)19-15-5-3-2-4-6-15/h7-11,15H,2-6,12H2,1H3,(H,19,20)(H,21,22). The van der Waals surface area contributed by atoms with Gasteiger partial charge in [0.15, 0.2) is 0 Å². The molecule has 1 saturated carbocycles. The lowest BCUT2D eigenvalue weighted by molar-refractivity contribution is -0.134. The fraction of sp³-hybridized carbons (Fsp3) is 0.444. The quantitative estimate of drug-likeness (QED) is 0.791. The molecule has 0 atom stereocenters. The van der Waals surface area contributed by atoms with Crippen LogP contribution >= 0.6 is 0 Å². The fourth-order valence-electron chi connectivity index (χ4n) is 2.79. The number of nitrogens with one attached hydrogen (secondary N) is 1. The van der Waals surface area contributed by atoms with Gasteiger partial charge in [0.1, 0.15) is 5.75 Å². The third-order valence-corrected chi connectivity index (χ3v) is 4.05. The molecule has 0 heterocycles. The zero-order valence-electron chi connectivity index (χ0n) is 13.4. The zero-order chi connectivity index (χ0) is 16.7. The van der Waals surface area contributed by atoms with Crippen molar-refractivity contribution in [3.8, 4) is 5.75 Å². The monoisotopic (exact) mass is 317 g/mol. The van der Waals surface area contributed by atoms with Crippen molar-refractivity contribution in [3.63, 3.8) is 0 Å². The molecule has 5 heteroatoms. The van der Waals surface area contributed by atoms with Crippen molar-refractivity contribution >= 4 is 18.0 Å². The third kappa shape index (κ3) is 5.43. The highest BCUT2D eigenvalue weighted by atomic mass is 16.5. The molecule has 0 saturated heterocycles. The number of benzene rings is 1. The van der Waals surface area contributed by atoms with E-state index < -0.39 is 5.97 Å². The lowest BCUT2D eigenvalue weighted by Crippen LogP contribution is -2.36. The summed E-state index contributed by atoms with van der Waals surface area (Å²) in [6.45, 7) is 0.